The van der Waals surface area contributed by atoms with Crippen LogP contribution in [-0.2, 0) is 4.74 Å². The fourth-order valence-corrected chi connectivity index (χ4v) is 4.93. The zero-order chi connectivity index (χ0) is 17.9. The number of rotatable bonds is 0. The second kappa shape index (κ2) is 5.70. The molecule has 3 heteroatoms. The van der Waals surface area contributed by atoms with Crippen LogP contribution in [0.1, 0.15) is 73.1 Å². The number of nitrogens with zero attached hydrogens (tertiary/aromatic N) is 1. The quantitative estimate of drug-likeness (QED) is 0.673. The molecule has 0 aromatic carbocycles. The Morgan fingerprint density at radius 1 is 1.12 bits per heavy atom. The van der Waals surface area contributed by atoms with Gasteiger partial charge < -0.3 is 10.1 Å². The number of allylic oxidation sites excluding steroid dienone is 2. The average molecular weight is 343 g/mol. The summed E-state index contributed by atoms with van der Waals surface area (Å²) in [7, 11) is 0. The molecule has 4 aliphatic rings. The molecule has 2 aliphatic carbocycles. The Bertz CT molecular complexity index is 642. The summed E-state index contributed by atoms with van der Waals surface area (Å²) in [6.45, 7) is 11.7. The lowest BCUT2D eigenvalue weighted by Gasteiger charge is -2.46. The first-order valence-electron chi connectivity index (χ1n) is 10.2. The van der Waals surface area contributed by atoms with Crippen LogP contribution in [-0.4, -0.2) is 24.1 Å². The van der Waals surface area contributed by atoms with Crippen LogP contribution < -0.4 is 5.32 Å². The molecule has 0 aromatic heterocycles. The van der Waals surface area contributed by atoms with Crippen molar-refractivity contribution in [2.45, 2.75) is 91.0 Å². The Morgan fingerprint density at radius 3 is 2.68 bits per heavy atom. The first-order valence-corrected chi connectivity index (χ1v) is 10.2. The Kier molecular flexibility index (Phi) is 3.95. The van der Waals surface area contributed by atoms with Crippen molar-refractivity contribution in [3.8, 4) is 0 Å². The van der Waals surface area contributed by atoms with E-state index in [1.54, 1.807) is 0 Å². The fourth-order valence-electron chi connectivity index (χ4n) is 4.93. The van der Waals surface area contributed by atoms with E-state index >= 15 is 0 Å². The van der Waals surface area contributed by atoms with E-state index in [4.69, 9.17) is 9.73 Å². The zero-order valence-electron chi connectivity index (χ0n) is 16.6. The molecular weight excluding hydrogens is 308 g/mol. The van der Waals surface area contributed by atoms with Gasteiger partial charge in [0, 0.05) is 11.1 Å². The first-order chi connectivity index (χ1) is 11.8. The van der Waals surface area contributed by atoms with Crippen LogP contribution in [0.5, 0.6) is 0 Å². The molecule has 2 aliphatic heterocycles. The lowest BCUT2D eigenvalue weighted by atomic mass is 9.70. The Labute approximate surface area is 153 Å². The highest BCUT2D eigenvalue weighted by atomic mass is 16.5. The number of hydrogen-bond acceptors (Lipinski definition) is 3. The van der Waals surface area contributed by atoms with Gasteiger partial charge in [0.05, 0.1) is 18.4 Å². The highest BCUT2D eigenvalue weighted by Crippen LogP contribution is 2.53. The molecule has 4 unspecified atom stereocenters. The van der Waals surface area contributed by atoms with Crippen LogP contribution in [0, 0.1) is 16.7 Å². The van der Waals surface area contributed by atoms with Gasteiger partial charge in [-0.25, -0.2) is 0 Å². The van der Waals surface area contributed by atoms with Crippen LogP contribution in [0.2, 0.25) is 0 Å². The van der Waals surface area contributed by atoms with Gasteiger partial charge in [-0.05, 0) is 42.2 Å². The van der Waals surface area contributed by atoms with E-state index in [1.165, 1.54) is 37.0 Å². The average Bonchev–Trinajstić information content (AvgIpc) is 2.75. The van der Waals surface area contributed by atoms with Gasteiger partial charge in [0.15, 0.2) is 5.72 Å². The number of nitrogens with one attached hydrogen (secondary N) is 1. The van der Waals surface area contributed by atoms with Gasteiger partial charge in [-0.1, -0.05) is 60.0 Å². The molecular formula is C22H34N2O. The van der Waals surface area contributed by atoms with Gasteiger partial charge in [0.1, 0.15) is 0 Å². The number of aliphatic imine (C=N–C) groups is 1. The smallest absolute Gasteiger partial charge is 0.184 e. The molecule has 0 aromatic rings. The maximum Gasteiger partial charge on any atom is 0.184 e. The second-order valence-electron chi connectivity index (χ2n) is 9.78. The molecule has 1 spiro atoms. The predicted molar refractivity (Wildman–Crippen MR) is 104 cm³/mol. The van der Waals surface area contributed by atoms with Crippen molar-refractivity contribution < 1.29 is 4.74 Å². The van der Waals surface area contributed by atoms with E-state index in [9.17, 15) is 0 Å². The first kappa shape index (κ1) is 17.3. The second-order valence-corrected chi connectivity index (χ2v) is 9.78. The third kappa shape index (κ3) is 2.61. The predicted octanol–water partition coefficient (Wildman–Crippen LogP) is 4.99. The topological polar surface area (TPSA) is 33.6 Å². The van der Waals surface area contributed by atoms with Gasteiger partial charge in [-0.15, -0.1) is 0 Å². The highest BCUT2D eigenvalue weighted by Gasteiger charge is 2.57. The third-order valence-electron chi connectivity index (χ3n) is 7.49. The summed E-state index contributed by atoms with van der Waals surface area (Å²) in [5.41, 5.74) is 2.43. The van der Waals surface area contributed by atoms with Crippen molar-refractivity contribution in [1.82, 2.24) is 5.32 Å². The molecule has 138 valence electrons. The standard InChI is InChI=1S/C22H34N2O/c1-15-13-16-17(11-12-20(15,2)3)24-22(21(16,4)5)14-23-18-9-7-6-8-10-19(18)25-22/h11-12,14-15,18-19,24H,6-10,13H2,1-5H3. The Morgan fingerprint density at radius 2 is 1.88 bits per heavy atom. The van der Waals surface area contributed by atoms with E-state index in [1.807, 2.05) is 0 Å². The maximum absolute atomic E-state index is 6.82. The van der Waals surface area contributed by atoms with Crippen LogP contribution >= 0.6 is 0 Å². The number of fused-ring (bicyclic) bond motifs is 1. The fraction of sp³-hybridized carbons (Fsp3) is 0.773. The molecule has 1 saturated carbocycles. The Balaban J connectivity index is 1.68. The minimum atomic E-state index is -0.477. The maximum atomic E-state index is 6.82. The lowest BCUT2D eigenvalue weighted by molar-refractivity contribution is -0.122. The minimum absolute atomic E-state index is 0.0812. The van der Waals surface area contributed by atoms with Crippen LogP contribution in [0.25, 0.3) is 0 Å². The number of ether oxygens (including phenoxy) is 1. The lowest BCUT2D eigenvalue weighted by Crippen LogP contribution is -2.60. The highest BCUT2D eigenvalue weighted by molar-refractivity contribution is 5.74. The van der Waals surface area contributed by atoms with Crippen LogP contribution in [0.15, 0.2) is 28.4 Å². The zero-order valence-corrected chi connectivity index (χ0v) is 16.6. The van der Waals surface area contributed by atoms with Gasteiger partial charge in [-0.2, -0.15) is 0 Å². The molecule has 0 bridgehead atoms. The van der Waals surface area contributed by atoms with Crippen LogP contribution in [0.3, 0.4) is 0 Å². The van der Waals surface area contributed by atoms with E-state index in [0.29, 0.717) is 12.0 Å². The van der Waals surface area contributed by atoms with Crippen molar-refractivity contribution in [1.29, 1.82) is 0 Å². The molecule has 3 nitrogen and oxygen atoms in total. The normalized spacial score (nSPS) is 41.7. The van der Waals surface area contributed by atoms with Crippen molar-refractivity contribution in [3.63, 3.8) is 0 Å². The van der Waals surface area contributed by atoms with Crippen molar-refractivity contribution in [2.24, 2.45) is 21.7 Å². The molecule has 2 heterocycles. The summed E-state index contributed by atoms with van der Waals surface area (Å²) < 4.78 is 6.82. The molecule has 4 atom stereocenters. The monoisotopic (exact) mass is 342 g/mol. The summed E-state index contributed by atoms with van der Waals surface area (Å²) in [6, 6.07) is 0.361. The van der Waals surface area contributed by atoms with Gasteiger partial charge >= 0.3 is 0 Å². The summed E-state index contributed by atoms with van der Waals surface area (Å²) in [5.74, 6) is 0.610. The summed E-state index contributed by atoms with van der Waals surface area (Å²) in [5, 5.41) is 3.77. The SMILES string of the molecule is CC1CC2=C(C=CC1(C)C)NC1(C=NC3CCCCCC3O1)C2(C)C. The van der Waals surface area contributed by atoms with E-state index in [0.717, 1.165) is 12.8 Å². The molecule has 0 saturated heterocycles. The summed E-state index contributed by atoms with van der Waals surface area (Å²) in [4.78, 5) is 5.01. The molecule has 0 radical (unpaired) electrons. The number of hydrogen-bond donors (Lipinski definition) is 1. The van der Waals surface area contributed by atoms with Crippen LogP contribution in [0.4, 0.5) is 0 Å². The Hall–Kier alpha value is -1.09. The molecule has 1 fully saturated rings. The van der Waals surface area contributed by atoms with Gasteiger partial charge in [-0.3, -0.25) is 4.99 Å². The van der Waals surface area contributed by atoms with E-state index in [2.05, 4.69) is 58.3 Å². The molecule has 0 amide bonds. The molecule has 1 N–H and O–H groups in total. The van der Waals surface area contributed by atoms with E-state index < -0.39 is 5.72 Å². The van der Waals surface area contributed by atoms with Crippen molar-refractivity contribution in [3.05, 3.63) is 23.4 Å². The molecule has 25 heavy (non-hydrogen) atoms. The molecule has 4 rings (SSSR count). The van der Waals surface area contributed by atoms with E-state index in [-0.39, 0.29) is 16.9 Å². The third-order valence-corrected chi connectivity index (χ3v) is 7.49. The van der Waals surface area contributed by atoms with Crippen molar-refractivity contribution in [2.75, 3.05) is 0 Å². The summed E-state index contributed by atoms with van der Waals surface area (Å²) >= 11 is 0. The van der Waals surface area contributed by atoms with Crippen molar-refractivity contribution >= 4 is 6.21 Å². The summed E-state index contributed by atoms with van der Waals surface area (Å²) in [6.07, 6.45) is 14.4. The largest absolute Gasteiger partial charge is 0.352 e. The van der Waals surface area contributed by atoms with Gasteiger partial charge in [0.2, 0.25) is 0 Å². The van der Waals surface area contributed by atoms with Gasteiger partial charge in [0.25, 0.3) is 0 Å². The minimum Gasteiger partial charge on any atom is -0.352 e.